The van der Waals surface area contributed by atoms with Gasteiger partial charge in [-0.15, -0.1) is 11.3 Å². The van der Waals surface area contributed by atoms with Crippen molar-refractivity contribution in [3.8, 4) is 0 Å². The van der Waals surface area contributed by atoms with E-state index in [1.165, 1.54) is 11.3 Å². The molecule has 5 nitrogen and oxygen atoms in total. The van der Waals surface area contributed by atoms with Crippen LogP contribution in [0, 0.1) is 6.57 Å². The second-order valence-corrected chi connectivity index (χ2v) is 5.71. The number of nitrogens with two attached hydrogens (primary N) is 1. The third-order valence-electron chi connectivity index (χ3n) is 2.23. The number of benzene rings is 1. The highest BCUT2D eigenvalue weighted by atomic mass is 32.2. The molecule has 0 aliphatic heterocycles. The summed E-state index contributed by atoms with van der Waals surface area (Å²) < 4.78 is 24.9. The number of hydrogen-bond acceptors (Lipinski definition) is 3. The Balaban J connectivity index is 2.38. The van der Waals surface area contributed by atoms with Crippen LogP contribution >= 0.6 is 11.3 Å². The first kappa shape index (κ1) is 12.0. The number of nitrogens with zero attached hydrogens (tertiary/aromatic N) is 1. The van der Waals surface area contributed by atoms with E-state index in [4.69, 9.17) is 11.7 Å². The second kappa shape index (κ2) is 4.43. The lowest BCUT2D eigenvalue weighted by Gasteiger charge is -2.01. The van der Waals surface area contributed by atoms with Gasteiger partial charge in [0.2, 0.25) is 0 Å². The van der Waals surface area contributed by atoms with Crippen molar-refractivity contribution in [2.24, 2.45) is 5.14 Å². The Kier molecular flexibility index (Phi) is 3.13. The van der Waals surface area contributed by atoms with Gasteiger partial charge in [-0.2, -0.15) is 13.1 Å². The molecule has 88 valence electrons. The van der Waals surface area contributed by atoms with Crippen molar-refractivity contribution in [2.45, 2.75) is 6.54 Å². The van der Waals surface area contributed by atoms with E-state index in [2.05, 4.69) is 9.57 Å². The van der Waals surface area contributed by atoms with E-state index in [0.717, 1.165) is 15.6 Å². The minimum Gasteiger partial charge on any atom is -0.238 e. The van der Waals surface area contributed by atoms with Crippen molar-refractivity contribution in [3.63, 3.8) is 0 Å². The summed E-state index contributed by atoms with van der Waals surface area (Å²) in [6.45, 7) is 7.08. The molecule has 0 fully saturated rings. The van der Waals surface area contributed by atoms with Crippen LogP contribution in [0.15, 0.2) is 23.6 Å². The van der Waals surface area contributed by atoms with Crippen molar-refractivity contribution in [1.82, 2.24) is 4.72 Å². The van der Waals surface area contributed by atoms with E-state index in [1.807, 2.05) is 11.4 Å². The third kappa shape index (κ3) is 2.81. The number of nitrogens with one attached hydrogen (secondary N) is 1. The molecule has 0 saturated carbocycles. The molecule has 3 N–H and O–H groups in total. The molecule has 0 atom stereocenters. The molecule has 0 unspecified atom stereocenters. The smallest absolute Gasteiger partial charge is 0.238 e. The van der Waals surface area contributed by atoms with Crippen molar-refractivity contribution in [3.05, 3.63) is 40.6 Å². The Hall–Kier alpha value is -1.46. The molecule has 2 rings (SSSR count). The molecule has 0 amide bonds. The summed E-state index contributed by atoms with van der Waals surface area (Å²) in [7, 11) is -3.69. The van der Waals surface area contributed by atoms with Crippen molar-refractivity contribution in [1.29, 1.82) is 0 Å². The average molecular weight is 267 g/mol. The Morgan fingerprint density at radius 3 is 2.88 bits per heavy atom. The summed E-state index contributed by atoms with van der Waals surface area (Å²) in [5.41, 5.74) is 1.36. The van der Waals surface area contributed by atoms with E-state index in [1.54, 1.807) is 12.1 Å². The van der Waals surface area contributed by atoms with Crippen LogP contribution in [0.4, 0.5) is 5.69 Å². The van der Waals surface area contributed by atoms with Crippen LogP contribution in [0.2, 0.25) is 0 Å². The molecule has 0 bridgehead atoms. The van der Waals surface area contributed by atoms with Gasteiger partial charge in [-0.3, -0.25) is 0 Å². The predicted octanol–water partition coefficient (Wildman–Crippen LogP) is 1.75. The van der Waals surface area contributed by atoms with E-state index in [0.29, 0.717) is 5.69 Å². The van der Waals surface area contributed by atoms with E-state index < -0.39 is 10.2 Å². The second-order valence-electron chi connectivity index (χ2n) is 3.42. The van der Waals surface area contributed by atoms with E-state index in [9.17, 15) is 8.42 Å². The van der Waals surface area contributed by atoms with Gasteiger partial charge in [0.25, 0.3) is 10.2 Å². The predicted molar refractivity (Wildman–Crippen MR) is 68.0 cm³/mol. The fourth-order valence-corrected chi connectivity index (χ4v) is 2.75. The molecular weight excluding hydrogens is 258 g/mol. The summed E-state index contributed by atoms with van der Waals surface area (Å²) in [5, 5.41) is 7.61. The van der Waals surface area contributed by atoms with Crippen molar-refractivity contribution >= 4 is 37.3 Å². The van der Waals surface area contributed by atoms with Gasteiger partial charge in [-0.05, 0) is 22.4 Å². The summed E-state index contributed by atoms with van der Waals surface area (Å²) in [4.78, 5) is 3.34. The maximum absolute atomic E-state index is 10.8. The molecule has 1 aromatic carbocycles. The molecule has 2 aromatic rings. The van der Waals surface area contributed by atoms with Gasteiger partial charge in [0.05, 0.1) is 6.57 Å². The van der Waals surface area contributed by atoms with Crippen LogP contribution in [-0.2, 0) is 16.8 Å². The molecule has 1 aromatic heterocycles. The molecule has 0 spiro atoms. The van der Waals surface area contributed by atoms with Crippen LogP contribution in [0.1, 0.15) is 5.56 Å². The maximum Gasteiger partial charge on any atom is 0.274 e. The highest BCUT2D eigenvalue weighted by molar-refractivity contribution is 7.87. The van der Waals surface area contributed by atoms with Gasteiger partial charge in [-0.25, -0.2) is 9.98 Å². The molecule has 0 radical (unpaired) electrons. The zero-order chi connectivity index (χ0) is 12.5. The molecule has 7 heteroatoms. The first-order valence-corrected chi connectivity index (χ1v) is 7.07. The lowest BCUT2D eigenvalue weighted by Crippen LogP contribution is -2.30. The Bertz CT molecular complexity index is 698. The zero-order valence-corrected chi connectivity index (χ0v) is 10.3. The molecular formula is C10H9N3O2S2. The number of rotatable bonds is 3. The topological polar surface area (TPSA) is 76.5 Å². The first-order chi connectivity index (χ1) is 7.99. The number of thiophene rings is 1. The fraction of sp³-hybridized carbons (Fsp3) is 0.100. The van der Waals surface area contributed by atoms with Crippen molar-refractivity contribution < 1.29 is 8.42 Å². The Morgan fingerprint density at radius 1 is 1.47 bits per heavy atom. The quantitative estimate of drug-likeness (QED) is 0.831. The fourth-order valence-electron chi connectivity index (χ4n) is 1.45. The summed E-state index contributed by atoms with van der Waals surface area (Å²) in [6, 6.07) is 5.34. The van der Waals surface area contributed by atoms with E-state index in [-0.39, 0.29) is 6.54 Å². The van der Waals surface area contributed by atoms with Crippen LogP contribution in [-0.4, -0.2) is 8.42 Å². The molecule has 0 aliphatic rings. The van der Waals surface area contributed by atoms with Crippen LogP contribution in [0.3, 0.4) is 0 Å². The van der Waals surface area contributed by atoms with Gasteiger partial charge in [0, 0.05) is 11.2 Å². The normalized spacial score (nSPS) is 11.5. The maximum atomic E-state index is 10.8. The molecule has 0 aliphatic carbocycles. The summed E-state index contributed by atoms with van der Waals surface area (Å²) in [5.74, 6) is 0. The largest absolute Gasteiger partial charge is 0.274 e. The SMILES string of the molecule is [C-]#[N+]c1ccc2scc(CNS(N)(=O)=O)c2c1. The van der Waals surface area contributed by atoms with Crippen LogP contribution < -0.4 is 9.86 Å². The lowest BCUT2D eigenvalue weighted by molar-refractivity contribution is 0.583. The monoisotopic (exact) mass is 267 g/mol. The molecule has 1 heterocycles. The van der Waals surface area contributed by atoms with Gasteiger partial charge < -0.3 is 0 Å². The standard InChI is InChI=1S/C10H9N3O2S2/c1-12-8-2-3-10-9(4-8)7(6-16-10)5-13-17(11,14)15/h2-4,6,13H,5H2,(H2,11,14,15). The van der Waals surface area contributed by atoms with Crippen LogP contribution in [0.25, 0.3) is 14.9 Å². The van der Waals surface area contributed by atoms with Crippen LogP contribution in [0.5, 0.6) is 0 Å². The minimum absolute atomic E-state index is 0.139. The highest BCUT2D eigenvalue weighted by Crippen LogP contribution is 2.29. The lowest BCUT2D eigenvalue weighted by atomic mass is 10.1. The zero-order valence-electron chi connectivity index (χ0n) is 8.67. The first-order valence-electron chi connectivity index (χ1n) is 4.64. The Labute approximate surface area is 103 Å². The summed E-state index contributed by atoms with van der Waals surface area (Å²) >= 11 is 1.51. The van der Waals surface area contributed by atoms with Gasteiger partial charge in [0.1, 0.15) is 0 Å². The minimum atomic E-state index is -3.69. The number of hydrogen-bond donors (Lipinski definition) is 2. The third-order valence-corrected chi connectivity index (χ3v) is 3.79. The van der Waals surface area contributed by atoms with Gasteiger partial charge in [0.15, 0.2) is 5.69 Å². The van der Waals surface area contributed by atoms with E-state index >= 15 is 0 Å². The van der Waals surface area contributed by atoms with Crippen molar-refractivity contribution in [2.75, 3.05) is 0 Å². The van der Waals surface area contributed by atoms with Gasteiger partial charge in [-0.1, -0.05) is 12.1 Å². The highest BCUT2D eigenvalue weighted by Gasteiger charge is 2.07. The summed E-state index contributed by atoms with van der Waals surface area (Å²) in [6.07, 6.45) is 0. The average Bonchev–Trinajstić information content (AvgIpc) is 2.67. The Morgan fingerprint density at radius 2 is 2.24 bits per heavy atom. The molecule has 17 heavy (non-hydrogen) atoms. The van der Waals surface area contributed by atoms with Gasteiger partial charge >= 0.3 is 0 Å². The molecule has 0 saturated heterocycles. The number of fused-ring (bicyclic) bond motifs is 1.